The summed E-state index contributed by atoms with van der Waals surface area (Å²) in [4.78, 5) is 2.13. The van der Waals surface area contributed by atoms with E-state index in [1.165, 1.54) is 0 Å². The number of benzene rings is 1. The molecule has 0 aliphatic carbocycles. The Morgan fingerprint density at radius 1 is 1.33 bits per heavy atom. The molecule has 0 amide bonds. The Bertz CT molecular complexity index is 546. The van der Waals surface area contributed by atoms with E-state index in [1.807, 2.05) is 18.2 Å². The molecule has 2 rings (SSSR count). The maximum absolute atomic E-state index is 11.5. The molecule has 1 N–H and O–H groups in total. The van der Waals surface area contributed by atoms with Crippen LogP contribution in [0.3, 0.4) is 0 Å². The van der Waals surface area contributed by atoms with Crippen LogP contribution in [0.1, 0.15) is 13.3 Å². The Morgan fingerprint density at radius 3 is 2.71 bits per heavy atom. The summed E-state index contributed by atoms with van der Waals surface area (Å²) in [5, 5.41) is 3.45. The van der Waals surface area contributed by atoms with Crippen LogP contribution in [0.15, 0.2) is 24.3 Å². The minimum atomic E-state index is -2.83. The molecule has 1 aromatic carbocycles. The van der Waals surface area contributed by atoms with E-state index in [4.69, 9.17) is 4.74 Å². The van der Waals surface area contributed by atoms with Crippen molar-refractivity contribution >= 4 is 21.2 Å². The van der Waals surface area contributed by atoms with Crippen LogP contribution in [-0.4, -0.2) is 52.8 Å². The molecule has 1 aliphatic heterocycles. The van der Waals surface area contributed by atoms with Gasteiger partial charge >= 0.3 is 0 Å². The van der Waals surface area contributed by atoms with Crippen LogP contribution >= 0.6 is 0 Å². The van der Waals surface area contributed by atoms with Gasteiger partial charge in [0, 0.05) is 44.2 Å². The molecule has 0 bridgehead atoms. The van der Waals surface area contributed by atoms with Crippen LogP contribution < -0.4 is 10.2 Å². The first-order chi connectivity index (χ1) is 10.00. The number of methoxy groups -OCH3 is 1. The van der Waals surface area contributed by atoms with Crippen molar-refractivity contribution < 1.29 is 13.2 Å². The van der Waals surface area contributed by atoms with Crippen molar-refractivity contribution in [3.63, 3.8) is 0 Å². The van der Waals surface area contributed by atoms with E-state index in [0.717, 1.165) is 24.4 Å². The molecule has 6 heteroatoms. The monoisotopic (exact) mass is 312 g/mol. The molecule has 1 atom stereocenters. The van der Waals surface area contributed by atoms with Gasteiger partial charge in [0.1, 0.15) is 0 Å². The van der Waals surface area contributed by atoms with Crippen LogP contribution in [0.2, 0.25) is 0 Å². The zero-order valence-corrected chi connectivity index (χ0v) is 13.5. The summed E-state index contributed by atoms with van der Waals surface area (Å²) in [6.45, 7) is 4.01. The Hall–Kier alpha value is -1.27. The summed E-state index contributed by atoms with van der Waals surface area (Å²) in [5.74, 6) is 0.490. The van der Waals surface area contributed by atoms with E-state index in [-0.39, 0.29) is 11.5 Å². The number of hydrogen-bond acceptors (Lipinski definition) is 5. The maximum Gasteiger partial charge on any atom is 0.153 e. The molecule has 1 heterocycles. The average Bonchev–Trinajstić information content (AvgIpc) is 2.45. The van der Waals surface area contributed by atoms with E-state index >= 15 is 0 Å². The molecule has 1 fully saturated rings. The van der Waals surface area contributed by atoms with Crippen molar-refractivity contribution in [2.45, 2.75) is 19.4 Å². The average molecular weight is 312 g/mol. The van der Waals surface area contributed by atoms with E-state index in [0.29, 0.717) is 19.1 Å². The standard InChI is InChI=1S/C15H24N2O3S/c1-13(6-9-20-2)16-14-4-3-5-15(12-14)17-7-10-21(18,19)11-8-17/h3-5,12-13,16H,6-11H2,1-2H3/t13-/m1/s1. The Labute approximate surface area is 127 Å². The Balaban J connectivity index is 1.98. The summed E-state index contributed by atoms with van der Waals surface area (Å²) in [7, 11) is -1.13. The highest BCUT2D eigenvalue weighted by molar-refractivity contribution is 7.91. The van der Waals surface area contributed by atoms with Gasteiger partial charge in [-0.05, 0) is 31.5 Å². The second-order valence-corrected chi connectivity index (χ2v) is 7.82. The lowest BCUT2D eigenvalue weighted by atomic mass is 10.2. The van der Waals surface area contributed by atoms with Crippen LogP contribution in [0.4, 0.5) is 11.4 Å². The lowest BCUT2D eigenvalue weighted by Crippen LogP contribution is -2.40. The third-order valence-corrected chi connectivity index (χ3v) is 5.33. The molecular formula is C15H24N2O3S. The fraction of sp³-hybridized carbons (Fsp3) is 0.600. The largest absolute Gasteiger partial charge is 0.385 e. The summed E-state index contributed by atoms with van der Waals surface area (Å²) < 4.78 is 28.1. The Morgan fingerprint density at radius 2 is 2.05 bits per heavy atom. The first kappa shape index (κ1) is 16.1. The number of sulfone groups is 1. The maximum atomic E-state index is 11.5. The van der Waals surface area contributed by atoms with Gasteiger partial charge in [0.25, 0.3) is 0 Å². The van der Waals surface area contributed by atoms with Gasteiger partial charge in [0.05, 0.1) is 11.5 Å². The quantitative estimate of drug-likeness (QED) is 0.867. The first-order valence-corrected chi connectivity index (χ1v) is 9.13. The zero-order chi connectivity index (χ0) is 15.3. The lowest BCUT2D eigenvalue weighted by Gasteiger charge is -2.29. The highest BCUT2D eigenvalue weighted by atomic mass is 32.2. The second-order valence-electron chi connectivity index (χ2n) is 5.52. The molecule has 21 heavy (non-hydrogen) atoms. The number of hydrogen-bond donors (Lipinski definition) is 1. The molecule has 0 saturated carbocycles. The minimum Gasteiger partial charge on any atom is -0.385 e. The van der Waals surface area contributed by atoms with Gasteiger partial charge in [0.2, 0.25) is 0 Å². The van der Waals surface area contributed by atoms with Crippen LogP contribution in [-0.2, 0) is 14.6 Å². The lowest BCUT2D eigenvalue weighted by molar-refractivity contribution is 0.191. The molecule has 1 aromatic rings. The molecule has 1 aliphatic rings. The molecule has 0 unspecified atom stereocenters. The van der Waals surface area contributed by atoms with Crippen molar-refractivity contribution in [2.24, 2.45) is 0 Å². The number of anilines is 2. The van der Waals surface area contributed by atoms with Gasteiger partial charge < -0.3 is 15.0 Å². The molecule has 0 spiro atoms. The number of nitrogens with one attached hydrogen (secondary N) is 1. The summed E-state index contributed by atoms with van der Waals surface area (Å²) in [5.41, 5.74) is 2.14. The number of nitrogens with zero attached hydrogens (tertiary/aromatic N) is 1. The van der Waals surface area contributed by atoms with Crippen LogP contribution in [0.25, 0.3) is 0 Å². The molecule has 5 nitrogen and oxygen atoms in total. The summed E-state index contributed by atoms with van der Waals surface area (Å²) >= 11 is 0. The SMILES string of the molecule is COCC[C@@H](C)Nc1cccc(N2CCS(=O)(=O)CC2)c1. The third kappa shape index (κ3) is 4.89. The zero-order valence-electron chi connectivity index (χ0n) is 12.7. The summed E-state index contributed by atoms with van der Waals surface area (Å²) in [6, 6.07) is 8.49. The van der Waals surface area contributed by atoms with Crippen LogP contribution in [0, 0.1) is 0 Å². The smallest absolute Gasteiger partial charge is 0.153 e. The van der Waals surface area contributed by atoms with E-state index in [9.17, 15) is 8.42 Å². The predicted molar refractivity (Wildman–Crippen MR) is 86.9 cm³/mol. The van der Waals surface area contributed by atoms with Crippen molar-refractivity contribution in [1.29, 1.82) is 0 Å². The minimum absolute atomic E-state index is 0.245. The predicted octanol–water partition coefficient (Wildman–Crippen LogP) is 1.76. The first-order valence-electron chi connectivity index (χ1n) is 7.31. The highest BCUT2D eigenvalue weighted by Gasteiger charge is 2.21. The van der Waals surface area contributed by atoms with Crippen molar-refractivity contribution in [2.75, 3.05) is 48.5 Å². The van der Waals surface area contributed by atoms with Crippen molar-refractivity contribution in [3.8, 4) is 0 Å². The number of ether oxygens (including phenoxy) is 1. The molecular weight excluding hydrogens is 288 g/mol. The molecule has 0 aromatic heterocycles. The number of rotatable bonds is 6. The fourth-order valence-electron chi connectivity index (χ4n) is 2.41. The highest BCUT2D eigenvalue weighted by Crippen LogP contribution is 2.22. The fourth-order valence-corrected chi connectivity index (χ4v) is 3.62. The van der Waals surface area contributed by atoms with E-state index < -0.39 is 9.84 Å². The second kappa shape index (κ2) is 7.13. The van der Waals surface area contributed by atoms with Crippen molar-refractivity contribution in [3.05, 3.63) is 24.3 Å². The third-order valence-electron chi connectivity index (χ3n) is 3.72. The van der Waals surface area contributed by atoms with Gasteiger partial charge in [-0.15, -0.1) is 0 Å². The Kier molecular flexibility index (Phi) is 5.47. The molecule has 0 radical (unpaired) electrons. The molecule has 1 saturated heterocycles. The normalized spacial score (nSPS) is 19.2. The summed E-state index contributed by atoms with van der Waals surface area (Å²) in [6.07, 6.45) is 0.947. The van der Waals surface area contributed by atoms with E-state index in [2.05, 4.69) is 23.2 Å². The van der Waals surface area contributed by atoms with Crippen molar-refractivity contribution in [1.82, 2.24) is 0 Å². The van der Waals surface area contributed by atoms with Gasteiger partial charge in [-0.2, -0.15) is 0 Å². The van der Waals surface area contributed by atoms with Gasteiger partial charge in [-0.3, -0.25) is 0 Å². The molecule has 118 valence electrons. The van der Waals surface area contributed by atoms with Gasteiger partial charge in [0.15, 0.2) is 9.84 Å². The van der Waals surface area contributed by atoms with Crippen LogP contribution in [0.5, 0.6) is 0 Å². The van der Waals surface area contributed by atoms with E-state index in [1.54, 1.807) is 7.11 Å². The topological polar surface area (TPSA) is 58.6 Å². The van der Waals surface area contributed by atoms with Gasteiger partial charge in [-0.1, -0.05) is 6.07 Å². The van der Waals surface area contributed by atoms with Gasteiger partial charge in [-0.25, -0.2) is 8.42 Å².